The van der Waals surface area contributed by atoms with E-state index >= 15 is 0 Å². The number of aromatic nitrogens is 2. The summed E-state index contributed by atoms with van der Waals surface area (Å²) in [5.74, 6) is 0.968. The second-order valence-electron chi connectivity index (χ2n) is 5.82. The zero-order chi connectivity index (χ0) is 15.0. The Balaban J connectivity index is 1.88. The van der Waals surface area contributed by atoms with E-state index in [9.17, 15) is 0 Å². The van der Waals surface area contributed by atoms with Crippen molar-refractivity contribution < 1.29 is 4.74 Å². The fourth-order valence-corrected chi connectivity index (χ4v) is 2.80. The number of aryl methyl sites for hydroxylation is 2. The van der Waals surface area contributed by atoms with Crippen molar-refractivity contribution in [3.05, 3.63) is 46.8 Å². The topological polar surface area (TPSA) is 39.1 Å². The lowest BCUT2D eigenvalue weighted by molar-refractivity contribution is 0.303. The second-order valence-corrected chi connectivity index (χ2v) is 5.82. The molecule has 1 aliphatic carbocycles. The van der Waals surface area contributed by atoms with Gasteiger partial charge in [0.05, 0.1) is 17.8 Å². The van der Waals surface area contributed by atoms with Gasteiger partial charge in [-0.05, 0) is 51.4 Å². The molecule has 0 bridgehead atoms. The molecule has 2 aromatic rings. The summed E-state index contributed by atoms with van der Waals surface area (Å²) < 4.78 is 7.76. The van der Waals surface area contributed by atoms with Crippen molar-refractivity contribution in [1.82, 2.24) is 15.1 Å². The van der Waals surface area contributed by atoms with Crippen LogP contribution in [0.15, 0.2) is 24.3 Å². The van der Waals surface area contributed by atoms with Crippen LogP contribution < -0.4 is 10.1 Å². The molecule has 4 nitrogen and oxygen atoms in total. The fraction of sp³-hybridized carbons (Fsp3) is 0.471. The van der Waals surface area contributed by atoms with E-state index in [1.54, 1.807) is 0 Å². The molecule has 21 heavy (non-hydrogen) atoms. The van der Waals surface area contributed by atoms with Crippen LogP contribution >= 0.6 is 0 Å². The van der Waals surface area contributed by atoms with E-state index in [0.29, 0.717) is 6.10 Å². The highest BCUT2D eigenvalue weighted by atomic mass is 16.5. The van der Waals surface area contributed by atoms with Crippen LogP contribution in [0.1, 0.15) is 41.4 Å². The van der Waals surface area contributed by atoms with Crippen molar-refractivity contribution in [3.8, 4) is 5.75 Å². The van der Waals surface area contributed by atoms with E-state index in [-0.39, 0.29) is 6.04 Å². The molecule has 112 valence electrons. The van der Waals surface area contributed by atoms with Crippen LogP contribution in [0, 0.1) is 13.8 Å². The summed E-state index contributed by atoms with van der Waals surface area (Å²) in [7, 11) is 3.98. The zero-order valence-corrected chi connectivity index (χ0v) is 13.2. The maximum atomic E-state index is 5.81. The molecule has 1 unspecified atom stereocenters. The van der Waals surface area contributed by atoms with Crippen LogP contribution in [0.2, 0.25) is 0 Å². The predicted molar refractivity (Wildman–Crippen MR) is 83.7 cm³/mol. The molecule has 0 saturated heterocycles. The molecule has 0 aliphatic heterocycles. The van der Waals surface area contributed by atoms with Gasteiger partial charge in [-0.1, -0.05) is 12.1 Å². The standard InChI is InChI=1S/C17H23N3O/c1-11-16(12(2)20(4)19-11)17(18-3)13-5-7-14(8-6-13)21-15-9-10-15/h5-8,15,17-18H,9-10H2,1-4H3. The molecule has 1 atom stereocenters. The van der Waals surface area contributed by atoms with E-state index in [1.165, 1.54) is 29.7 Å². The Morgan fingerprint density at radius 2 is 1.90 bits per heavy atom. The molecule has 3 rings (SSSR count). The molecule has 1 N–H and O–H groups in total. The number of nitrogens with one attached hydrogen (secondary N) is 1. The molecule has 1 aliphatic rings. The molecular formula is C17H23N3O. The third-order valence-corrected chi connectivity index (χ3v) is 4.18. The fourth-order valence-electron chi connectivity index (χ4n) is 2.80. The second kappa shape index (κ2) is 5.53. The number of benzene rings is 1. The Labute approximate surface area is 126 Å². The van der Waals surface area contributed by atoms with Crippen LogP contribution in [0.3, 0.4) is 0 Å². The Morgan fingerprint density at radius 1 is 1.24 bits per heavy atom. The van der Waals surface area contributed by atoms with Gasteiger partial charge in [-0.2, -0.15) is 5.10 Å². The van der Waals surface area contributed by atoms with Gasteiger partial charge in [0, 0.05) is 18.3 Å². The maximum Gasteiger partial charge on any atom is 0.119 e. The van der Waals surface area contributed by atoms with Crippen LogP contribution in [-0.2, 0) is 7.05 Å². The average Bonchev–Trinajstić information content (AvgIpc) is 3.24. The van der Waals surface area contributed by atoms with Gasteiger partial charge in [-0.25, -0.2) is 0 Å². The maximum absolute atomic E-state index is 5.81. The van der Waals surface area contributed by atoms with E-state index < -0.39 is 0 Å². The highest BCUT2D eigenvalue weighted by Gasteiger charge is 2.24. The Morgan fingerprint density at radius 3 is 2.38 bits per heavy atom. The lowest BCUT2D eigenvalue weighted by Gasteiger charge is -2.18. The summed E-state index contributed by atoms with van der Waals surface area (Å²) >= 11 is 0. The molecule has 1 fully saturated rings. The third kappa shape index (κ3) is 2.81. The monoisotopic (exact) mass is 285 g/mol. The zero-order valence-electron chi connectivity index (χ0n) is 13.2. The summed E-state index contributed by atoms with van der Waals surface area (Å²) in [6.45, 7) is 4.18. The summed E-state index contributed by atoms with van der Waals surface area (Å²) in [4.78, 5) is 0. The average molecular weight is 285 g/mol. The Bertz CT molecular complexity index is 626. The van der Waals surface area contributed by atoms with Crippen LogP contribution in [-0.4, -0.2) is 22.9 Å². The highest BCUT2D eigenvalue weighted by molar-refractivity contribution is 5.39. The van der Waals surface area contributed by atoms with Gasteiger partial charge in [-0.3, -0.25) is 4.68 Å². The van der Waals surface area contributed by atoms with Crippen LogP contribution in [0.25, 0.3) is 0 Å². The molecule has 4 heteroatoms. The van der Waals surface area contributed by atoms with E-state index in [2.05, 4.69) is 48.5 Å². The van der Waals surface area contributed by atoms with Crippen molar-refractivity contribution in [1.29, 1.82) is 0 Å². The smallest absolute Gasteiger partial charge is 0.119 e. The van der Waals surface area contributed by atoms with Gasteiger partial charge < -0.3 is 10.1 Å². The number of hydrogen-bond donors (Lipinski definition) is 1. The summed E-state index contributed by atoms with van der Waals surface area (Å²) in [6, 6.07) is 8.58. The largest absolute Gasteiger partial charge is 0.490 e. The van der Waals surface area contributed by atoms with Gasteiger partial charge in [0.1, 0.15) is 5.75 Å². The minimum absolute atomic E-state index is 0.161. The molecule has 0 spiro atoms. The van der Waals surface area contributed by atoms with Crippen molar-refractivity contribution >= 4 is 0 Å². The molecule has 1 saturated carbocycles. The molecule has 0 radical (unpaired) electrons. The van der Waals surface area contributed by atoms with Gasteiger partial charge in [0.25, 0.3) is 0 Å². The third-order valence-electron chi connectivity index (χ3n) is 4.18. The SMILES string of the molecule is CNC(c1ccc(OC2CC2)cc1)c1c(C)nn(C)c1C. The highest BCUT2D eigenvalue weighted by Crippen LogP contribution is 2.30. The lowest BCUT2D eigenvalue weighted by Crippen LogP contribution is -2.19. The first-order valence-corrected chi connectivity index (χ1v) is 7.54. The van der Waals surface area contributed by atoms with Crippen LogP contribution in [0.4, 0.5) is 0 Å². The number of ether oxygens (including phenoxy) is 1. The molecule has 1 aromatic heterocycles. The number of rotatable bonds is 5. The minimum Gasteiger partial charge on any atom is -0.490 e. The first-order chi connectivity index (χ1) is 10.1. The Kier molecular flexibility index (Phi) is 3.72. The van der Waals surface area contributed by atoms with Crippen molar-refractivity contribution in [3.63, 3.8) is 0 Å². The van der Waals surface area contributed by atoms with Gasteiger partial charge in [-0.15, -0.1) is 0 Å². The van der Waals surface area contributed by atoms with Gasteiger partial charge >= 0.3 is 0 Å². The molecule has 0 amide bonds. The molecule has 1 aromatic carbocycles. The predicted octanol–water partition coefficient (Wildman–Crippen LogP) is 2.89. The van der Waals surface area contributed by atoms with Gasteiger partial charge in [0.2, 0.25) is 0 Å². The van der Waals surface area contributed by atoms with E-state index in [1.807, 2.05) is 18.8 Å². The normalized spacial score (nSPS) is 16.0. The van der Waals surface area contributed by atoms with E-state index in [4.69, 9.17) is 4.74 Å². The quantitative estimate of drug-likeness (QED) is 0.918. The number of nitrogens with zero attached hydrogens (tertiary/aromatic N) is 2. The summed E-state index contributed by atoms with van der Waals surface area (Å²) in [5.41, 5.74) is 4.77. The molecular weight excluding hydrogens is 262 g/mol. The van der Waals surface area contributed by atoms with E-state index in [0.717, 1.165) is 11.4 Å². The first-order valence-electron chi connectivity index (χ1n) is 7.54. The first kappa shape index (κ1) is 14.1. The number of hydrogen-bond acceptors (Lipinski definition) is 3. The van der Waals surface area contributed by atoms with Crippen molar-refractivity contribution in [2.75, 3.05) is 7.05 Å². The van der Waals surface area contributed by atoms with Crippen molar-refractivity contribution in [2.45, 2.75) is 38.8 Å². The Hall–Kier alpha value is -1.81. The van der Waals surface area contributed by atoms with Crippen LogP contribution in [0.5, 0.6) is 5.75 Å². The van der Waals surface area contributed by atoms with Gasteiger partial charge in [0.15, 0.2) is 0 Å². The summed E-state index contributed by atoms with van der Waals surface area (Å²) in [6.07, 6.45) is 2.82. The molecule has 1 heterocycles. The van der Waals surface area contributed by atoms with Crippen molar-refractivity contribution in [2.24, 2.45) is 7.05 Å². The lowest BCUT2D eigenvalue weighted by atomic mass is 9.97. The minimum atomic E-state index is 0.161. The summed E-state index contributed by atoms with van der Waals surface area (Å²) in [5, 5.41) is 7.93.